The van der Waals surface area contributed by atoms with Crippen LogP contribution in [0.2, 0.25) is 0 Å². The molecule has 0 spiro atoms. The van der Waals surface area contributed by atoms with Gasteiger partial charge in [-0.1, -0.05) is 24.7 Å². The van der Waals surface area contributed by atoms with Gasteiger partial charge < -0.3 is 5.73 Å². The van der Waals surface area contributed by atoms with Crippen LogP contribution < -0.4 is 5.73 Å². The van der Waals surface area contributed by atoms with Crippen molar-refractivity contribution >= 4 is 17.2 Å². The van der Waals surface area contributed by atoms with Crippen LogP contribution in [-0.2, 0) is 6.54 Å². The lowest BCUT2D eigenvalue weighted by Crippen LogP contribution is -2.41. The highest BCUT2D eigenvalue weighted by molar-refractivity contribution is 7.80. The number of hydrogen-bond donors (Lipinski definition) is 1. The number of rotatable bonds is 3. The molecule has 2 aliphatic rings. The maximum absolute atomic E-state index is 13.6. The smallest absolute Gasteiger partial charge is 0.133 e. The molecule has 3 rings (SSSR count). The molecular weight excluding hydrogens is 271 g/mol. The van der Waals surface area contributed by atoms with E-state index >= 15 is 0 Å². The number of piperidine rings is 1. The molecule has 0 bridgehead atoms. The Kier molecular flexibility index (Phi) is 4.03. The first kappa shape index (κ1) is 14.0. The van der Waals surface area contributed by atoms with Gasteiger partial charge in [0.2, 0.25) is 0 Å². The summed E-state index contributed by atoms with van der Waals surface area (Å²) in [6.07, 6.45) is 6.71. The Bertz CT molecular complexity index is 517. The van der Waals surface area contributed by atoms with E-state index in [9.17, 15) is 4.39 Å². The van der Waals surface area contributed by atoms with E-state index in [0.717, 1.165) is 30.6 Å². The quantitative estimate of drug-likeness (QED) is 0.867. The fourth-order valence-electron chi connectivity index (χ4n) is 3.85. The van der Waals surface area contributed by atoms with Crippen molar-refractivity contribution in [1.82, 2.24) is 4.90 Å². The van der Waals surface area contributed by atoms with Gasteiger partial charge in [-0.3, -0.25) is 4.90 Å². The third-order valence-corrected chi connectivity index (χ3v) is 5.01. The van der Waals surface area contributed by atoms with E-state index in [4.69, 9.17) is 18.0 Å². The van der Waals surface area contributed by atoms with Gasteiger partial charge in [0.05, 0.1) is 0 Å². The molecule has 0 aromatic heterocycles. The minimum absolute atomic E-state index is 0.140. The molecule has 2 fully saturated rings. The monoisotopic (exact) mass is 292 g/mol. The molecule has 1 aliphatic heterocycles. The molecule has 1 saturated carbocycles. The molecule has 1 aliphatic carbocycles. The largest absolute Gasteiger partial charge is 0.389 e. The first-order valence-corrected chi connectivity index (χ1v) is 7.88. The van der Waals surface area contributed by atoms with Gasteiger partial charge in [0.25, 0.3) is 0 Å². The van der Waals surface area contributed by atoms with Crippen LogP contribution >= 0.6 is 12.2 Å². The first-order valence-electron chi connectivity index (χ1n) is 7.47. The summed E-state index contributed by atoms with van der Waals surface area (Å²) >= 11 is 4.91. The fraction of sp³-hybridized carbons (Fsp3) is 0.562. The number of likely N-dealkylation sites (tertiary alicyclic amines) is 1. The molecule has 1 saturated heterocycles. The number of hydrogen-bond acceptors (Lipinski definition) is 2. The van der Waals surface area contributed by atoms with Crippen molar-refractivity contribution in [1.29, 1.82) is 0 Å². The molecule has 1 aromatic carbocycles. The average molecular weight is 292 g/mol. The summed E-state index contributed by atoms with van der Waals surface area (Å²) in [6, 6.07) is 5.88. The minimum atomic E-state index is -0.321. The van der Waals surface area contributed by atoms with E-state index in [1.807, 2.05) is 12.1 Å². The van der Waals surface area contributed by atoms with E-state index in [-0.39, 0.29) is 10.8 Å². The molecule has 108 valence electrons. The third-order valence-electron chi connectivity index (χ3n) is 4.79. The van der Waals surface area contributed by atoms with Crippen LogP contribution in [0.1, 0.15) is 43.2 Å². The summed E-state index contributed by atoms with van der Waals surface area (Å²) in [5, 5.41) is 0. The number of nitrogens with zero attached hydrogens (tertiary/aromatic N) is 1. The van der Waals surface area contributed by atoms with Crippen LogP contribution in [0.15, 0.2) is 18.2 Å². The van der Waals surface area contributed by atoms with Crippen molar-refractivity contribution in [2.45, 2.75) is 44.7 Å². The Morgan fingerprint density at radius 1 is 1.30 bits per heavy atom. The molecule has 2 unspecified atom stereocenters. The first-order chi connectivity index (χ1) is 9.65. The maximum Gasteiger partial charge on any atom is 0.133 e. The number of fused-ring (bicyclic) bond motifs is 1. The summed E-state index contributed by atoms with van der Waals surface area (Å²) in [7, 11) is 0. The van der Waals surface area contributed by atoms with Gasteiger partial charge in [0.15, 0.2) is 0 Å². The zero-order valence-corrected chi connectivity index (χ0v) is 12.5. The van der Waals surface area contributed by atoms with E-state index in [1.165, 1.54) is 38.2 Å². The highest BCUT2D eigenvalue weighted by Gasteiger charge is 2.34. The molecule has 1 heterocycles. The average Bonchev–Trinajstić information content (AvgIpc) is 2.90. The molecular formula is C16H21FN2S. The molecule has 0 radical (unpaired) electrons. The molecule has 4 heteroatoms. The summed E-state index contributed by atoms with van der Waals surface area (Å²) in [6.45, 7) is 2.04. The molecule has 2 N–H and O–H groups in total. The number of benzene rings is 1. The standard InChI is InChI=1S/C16H21FN2S/c17-14-7-6-11(9-13(14)16(18)20)10-19-8-2-4-12-3-1-5-15(12)19/h6-7,9,12,15H,1-5,8,10H2,(H2,18,20). The van der Waals surface area contributed by atoms with Crippen molar-refractivity contribution in [2.24, 2.45) is 11.7 Å². The van der Waals surface area contributed by atoms with Crippen molar-refractivity contribution in [3.8, 4) is 0 Å². The molecule has 0 amide bonds. The van der Waals surface area contributed by atoms with Gasteiger partial charge in [-0.25, -0.2) is 4.39 Å². The number of thiocarbonyl (C=S) groups is 1. The minimum Gasteiger partial charge on any atom is -0.389 e. The highest BCUT2D eigenvalue weighted by atomic mass is 32.1. The van der Waals surface area contributed by atoms with E-state index < -0.39 is 0 Å². The van der Waals surface area contributed by atoms with Gasteiger partial charge >= 0.3 is 0 Å². The predicted octanol–water partition coefficient (Wildman–Crippen LogP) is 3.22. The van der Waals surface area contributed by atoms with Crippen molar-refractivity contribution in [3.63, 3.8) is 0 Å². The van der Waals surface area contributed by atoms with Crippen LogP contribution in [-0.4, -0.2) is 22.5 Å². The lowest BCUT2D eigenvalue weighted by atomic mass is 9.91. The van der Waals surface area contributed by atoms with Crippen LogP contribution in [0, 0.1) is 11.7 Å². The zero-order chi connectivity index (χ0) is 14.1. The summed E-state index contributed by atoms with van der Waals surface area (Å²) in [4.78, 5) is 2.71. The van der Waals surface area contributed by atoms with Crippen LogP contribution in [0.5, 0.6) is 0 Å². The van der Waals surface area contributed by atoms with Crippen molar-refractivity contribution < 1.29 is 4.39 Å². The van der Waals surface area contributed by atoms with E-state index in [1.54, 1.807) is 0 Å². The second-order valence-electron chi connectivity index (χ2n) is 6.05. The zero-order valence-electron chi connectivity index (χ0n) is 11.6. The second-order valence-corrected chi connectivity index (χ2v) is 6.49. The summed E-state index contributed by atoms with van der Waals surface area (Å²) < 4.78 is 13.6. The molecule has 2 atom stereocenters. The Labute approximate surface area is 125 Å². The van der Waals surface area contributed by atoms with Gasteiger partial charge in [-0.05, 0) is 55.8 Å². The fourth-order valence-corrected chi connectivity index (χ4v) is 4.00. The lowest BCUT2D eigenvalue weighted by molar-refractivity contribution is 0.106. The Morgan fingerprint density at radius 3 is 2.90 bits per heavy atom. The summed E-state index contributed by atoms with van der Waals surface area (Å²) in [5.74, 6) is 0.554. The maximum atomic E-state index is 13.6. The molecule has 2 nitrogen and oxygen atoms in total. The van der Waals surface area contributed by atoms with Gasteiger partial charge in [0, 0.05) is 18.2 Å². The van der Waals surface area contributed by atoms with Gasteiger partial charge in [-0.15, -0.1) is 0 Å². The highest BCUT2D eigenvalue weighted by Crippen LogP contribution is 2.37. The number of halogens is 1. The second kappa shape index (κ2) is 5.78. The lowest BCUT2D eigenvalue weighted by Gasteiger charge is -2.37. The Hall–Kier alpha value is -1.00. The van der Waals surface area contributed by atoms with Crippen LogP contribution in [0.25, 0.3) is 0 Å². The normalized spacial score (nSPS) is 26.4. The Morgan fingerprint density at radius 2 is 2.10 bits per heavy atom. The molecule has 20 heavy (non-hydrogen) atoms. The van der Waals surface area contributed by atoms with Crippen LogP contribution in [0.3, 0.4) is 0 Å². The van der Waals surface area contributed by atoms with Gasteiger partial charge in [0.1, 0.15) is 10.8 Å². The Balaban J connectivity index is 1.77. The van der Waals surface area contributed by atoms with Crippen molar-refractivity contribution in [2.75, 3.05) is 6.54 Å². The van der Waals surface area contributed by atoms with E-state index in [2.05, 4.69) is 4.90 Å². The van der Waals surface area contributed by atoms with Crippen LogP contribution in [0.4, 0.5) is 4.39 Å². The molecule has 1 aromatic rings. The third kappa shape index (κ3) is 2.72. The van der Waals surface area contributed by atoms with Gasteiger partial charge in [-0.2, -0.15) is 0 Å². The van der Waals surface area contributed by atoms with Crippen molar-refractivity contribution in [3.05, 3.63) is 35.1 Å². The topological polar surface area (TPSA) is 29.3 Å². The summed E-state index contributed by atoms with van der Waals surface area (Å²) in [5.41, 5.74) is 7.07. The SMILES string of the molecule is NC(=S)c1cc(CN2CCCC3CCCC32)ccc1F. The van der Waals surface area contributed by atoms with E-state index in [0.29, 0.717) is 5.56 Å². The predicted molar refractivity (Wildman–Crippen MR) is 83.1 cm³/mol. The number of nitrogens with two attached hydrogens (primary N) is 1.